The lowest BCUT2D eigenvalue weighted by Crippen LogP contribution is -2.54. The average Bonchev–Trinajstić information content (AvgIpc) is 3.27. The van der Waals surface area contributed by atoms with Gasteiger partial charge in [-0.25, -0.2) is 0 Å². The van der Waals surface area contributed by atoms with E-state index in [-0.39, 0.29) is 30.7 Å². The molecule has 0 aromatic heterocycles. The summed E-state index contributed by atoms with van der Waals surface area (Å²) < 4.78 is 0. The van der Waals surface area contributed by atoms with Crippen LogP contribution in [-0.2, 0) is 4.79 Å². The van der Waals surface area contributed by atoms with Crippen molar-refractivity contribution >= 4 is 30.7 Å². The SMILES string of the molecule is C[C@@H]1CNCCN1CC(=O)NC1CCN(C2CC2)CC1.Cl.Cl. The molecule has 7 heteroatoms. The van der Waals surface area contributed by atoms with Crippen molar-refractivity contribution in [3.05, 3.63) is 0 Å². The Kier molecular flexibility index (Phi) is 8.43. The Balaban J connectivity index is 0.00000121. The second-order valence-electron chi connectivity index (χ2n) is 6.63. The number of hydrogen-bond acceptors (Lipinski definition) is 4. The van der Waals surface area contributed by atoms with E-state index < -0.39 is 0 Å². The highest BCUT2D eigenvalue weighted by molar-refractivity contribution is 5.85. The Labute approximate surface area is 146 Å². The summed E-state index contributed by atoms with van der Waals surface area (Å²) in [5.74, 6) is 0.212. The minimum atomic E-state index is 0. The Morgan fingerprint density at radius 2 is 1.82 bits per heavy atom. The molecular formula is C15H30Cl2N4O. The molecule has 1 aliphatic carbocycles. The lowest BCUT2D eigenvalue weighted by molar-refractivity contribution is -0.124. The number of carbonyl (C=O) groups excluding carboxylic acids is 1. The van der Waals surface area contributed by atoms with Crippen LogP contribution >= 0.6 is 24.8 Å². The van der Waals surface area contributed by atoms with Crippen molar-refractivity contribution in [1.82, 2.24) is 20.4 Å². The number of piperidine rings is 1. The molecule has 2 N–H and O–H groups in total. The number of piperazine rings is 1. The van der Waals surface area contributed by atoms with E-state index in [1.807, 2.05) is 0 Å². The van der Waals surface area contributed by atoms with Crippen molar-refractivity contribution in [2.75, 3.05) is 39.3 Å². The van der Waals surface area contributed by atoms with Crippen molar-refractivity contribution in [2.45, 2.75) is 50.7 Å². The molecule has 3 fully saturated rings. The van der Waals surface area contributed by atoms with Crippen LogP contribution in [-0.4, -0.2) is 73.1 Å². The maximum Gasteiger partial charge on any atom is 0.234 e. The quantitative estimate of drug-likeness (QED) is 0.787. The van der Waals surface area contributed by atoms with Crippen LogP contribution in [0.4, 0.5) is 0 Å². The summed E-state index contributed by atoms with van der Waals surface area (Å²) in [4.78, 5) is 17.0. The number of rotatable bonds is 4. The third-order valence-corrected chi connectivity index (χ3v) is 4.94. The summed E-state index contributed by atoms with van der Waals surface area (Å²) in [6, 6.07) is 1.73. The van der Waals surface area contributed by atoms with Crippen LogP contribution in [0.5, 0.6) is 0 Å². The maximum atomic E-state index is 12.2. The van der Waals surface area contributed by atoms with E-state index in [2.05, 4.69) is 27.4 Å². The predicted octanol–water partition coefficient (Wildman–Crippen LogP) is 0.867. The van der Waals surface area contributed by atoms with Crippen LogP contribution < -0.4 is 10.6 Å². The number of nitrogens with zero attached hydrogens (tertiary/aromatic N) is 2. The van der Waals surface area contributed by atoms with Gasteiger partial charge in [0, 0.05) is 50.8 Å². The minimum absolute atomic E-state index is 0. The molecule has 2 heterocycles. The monoisotopic (exact) mass is 352 g/mol. The van der Waals surface area contributed by atoms with Crippen LogP contribution in [0, 0.1) is 0 Å². The van der Waals surface area contributed by atoms with Gasteiger partial charge in [0.1, 0.15) is 0 Å². The molecule has 0 spiro atoms. The Morgan fingerprint density at radius 3 is 2.41 bits per heavy atom. The van der Waals surface area contributed by atoms with Gasteiger partial charge in [0.05, 0.1) is 6.54 Å². The van der Waals surface area contributed by atoms with E-state index in [0.29, 0.717) is 18.6 Å². The molecule has 5 nitrogen and oxygen atoms in total. The summed E-state index contributed by atoms with van der Waals surface area (Å²) in [6.45, 7) is 8.05. The normalized spacial score (nSPS) is 27.6. The van der Waals surface area contributed by atoms with Crippen LogP contribution in [0.2, 0.25) is 0 Å². The van der Waals surface area contributed by atoms with Gasteiger partial charge < -0.3 is 15.5 Å². The zero-order valence-corrected chi connectivity index (χ0v) is 15.1. The van der Waals surface area contributed by atoms with Gasteiger partial charge in [0.25, 0.3) is 0 Å². The van der Waals surface area contributed by atoms with Crippen LogP contribution in [0.3, 0.4) is 0 Å². The van der Waals surface area contributed by atoms with Gasteiger partial charge >= 0.3 is 0 Å². The molecule has 1 atom stereocenters. The van der Waals surface area contributed by atoms with E-state index in [1.165, 1.54) is 25.9 Å². The van der Waals surface area contributed by atoms with Crippen LogP contribution in [0.1, 0.15) is 32.6 Å². The fraction of sp³-hybridized carbons (Fsp3) is 0.933. The average molecular weight is 353 g/mol. The highest BCUT2D eigenvalue weighted by atomic mass is 35.5. The summed E-state index contributed by atoms with van der Waals surface area (Å²) in [5, 5.41) is 6.60. The fourth-order valence-corrected chi connectivity index (χ4v) is 3.42. The van der Waals surface area contributed by atoms with Gasteiger partial charge in [-0.05, 0) is 32.6 Å². The number of nitrogens with one attached hydrogen (secondary N) is 2. The molecule has 3 rings (SSSR count). The van der Waals surface area contributed by atoms with Crippen LogP contribution in [0.25, 0.3) is 0 Å². The maximum absolute atomic E-state index is 12.2. The molecule has 2 aliphatic heterocycles. The van der Waals surface area contributed by atoms with Crippen molar-refractivity contribution in [1.29, 1.82) is 0 Å². The highest BCUT2D eigenvalue weighted by Gasteiger charge is 2.32. The van der Waals surface area contributed by atoms with E-state index >= 15 is 0 Å². The van der Waals surface area contributed by atoms with Crippen LogP contribution in [0.15, 0.2) is 0 Å². The number of hydrogen-bond donors (Lipinski definition) is 2. The summed E-state index contributed by atoms with van der Waals surface area (Å²) in [5.41, 5.74) is 0. The largest absolute Gasteiger partial charge is 0.352 e. The predicted molar refractivity (Wildman–Crippen MR) is 94.2 cm³/mol. The Morgan fingerprint density at radius 1 is 1.14 bits per heavy atom. The molecule has 3 aliphatic rings. The first kappa shape index (κ1) is 20.0. The van der Waals surface area contributed by atoms with Crippen molar-refractivity contribution in [3.63, 3.8) is 0 Å². The van der Waals surface area contributed by atoms with E-state index in [0.717, 1.165) is 38.5 Å². The molecule has 2 saturated heterocycles. The standard InChI is InChI=1S/C15H28N4O.2ClH/c1-12-10-16-6-9-19(12)11-15(20)17-13-4-7-18(8-5-13)14-2-3-14;;/h12-14,16H,2-11H2,1H3,(H,17,20);2*1H/t12-;;/m1../s1. The van der Waals surface area contributed by atoms with Gasteiger partial charge in [0.2, 0.25) is 5.91 Å². The summed E-state index contributed by atoms with van der Waals surface area (Å²) in [7, 11) is 0. The third kappa shape index (κ3) is 5.53. The molecule has 22 heavy (non-hydrogen) atoms. The molecule has 130 valence electrons. The molecule has 0 aromatic rings. The lowest BCUT2D eigenvalue weighted by atomic mass is 10.0. The molecule has 0 bridgehead atoms. The fourth-order valence-electron chi connectivity index (χ4n) is 3.42. The highest BCUT2D eigenvalue weighted by Crippen LogP contribution is 2.29. The zero-order chi connectivity index (χ0) is 13.9. The van der Waals surface area contributed by atoms with Gasteiger partial charge in [-0.15, -0.1) is 24.8 Å². The first-order valence-electron chi connectivity index (χ1n) is 8.20. The number of halogens is 2. The smallest absolute Gasteiger partial charge is 0.234 e. The molecule has 0 aromatic carbocycles. The Hall–Kier alpha value is -0.0700. The second-order valence-corrected chi connectivity index (χ2v) is 6.63. The van der Waals surface area contributed by atoms with Gasteiger partial charge in [0.15, 0.2) is 0 Å². The van der Waals surface area contributed by atoms with Gasteiger partial charge in [-0.1, -0.05) is 0 Å². The van der Waals surface area contributed by atoms with E-state index in [9.17, 15) is 4.79 Å². The van der Waals surface area contributed by atoms with Crippen molar-refractivity contribution in [3.8, 4) is 0 Å². The minimum Gasteiger partial charge on any atom is -0.352 e. The topological polar surface area (TPSA) is 47.6 Å². The first-order valence-corrected chi connectivity index (χ1v) is 8.20. The van der Waals surface area contributed by atoms with E-state index in [4.69, 9.17) is 0 Å². The lowest BCUT2D eigenvalue weighted by Gasteiger charge is -2.35. The molecule has 1 saturated carbocycles. The third-order valence-electron chi connectivity index (χ3n) is 4.94. The first-order chi connectivity index (χ1) is 9.72. The van der Waals surface area contributed by atoms with Gasteiger partial charge in [-0.2, -0.15) is 0 Å². The molecule has 1 amide bonds. The summed E-state index contributed by atoms with van der Waals surface area (Å²) in [6.07, 6.45) is 5.02. The number of likely N-dealkylation sites (tertiary alicyclic amines) is 1. The van der Waals surface area contributed by atoms with Crippen molar-refractivity contribution < 1.29 is 4.79 Å². The van der Waals surface area contributed by atoms with Crippen molar-refractivity contribution in [2.24, 2.45) is 0 Å². The number of carbonyl (C=O) groups is 1. The van der Waals surface area contributed by atoms with Gasteiger partial charge in [-0.3, -0.25) is 9.69 Å². The Bertz CT molecular complexity index is 346. The molecule has 0 unspecified atom stereocenters. The molecular weight excluding hydrogens is 323 g/mol. The zero-order valence-electron chi connectivity index (χ0n) is 13.4. The number of amides is 1. The van der Waals surface area contributed by atoms with E-state index in [1.54, 1.807) is 0 Å². The summed E-state index contributed by atoms with van der Waals surface area (Å²) >= 11 is 0. The molecule has 0 radical (unpaired) electrons. The second kappa shape index (κ2) is 9.28.